The molecule has 2 atom stereocenters. The van der Waals surface area contributed by atoms with Crippen LogP contribution in [-0.2, 0) is 7.05 Å². The van der Waals surface area contributed by atoms with Crippen molar-refractivity contribution in [3.8, 4) is 11.4 Å². The molecule has 1 aliphatic carbocycles. The molecule has 1 aliphatic rings. The van der Waals surface area contributed by atoms with Crippen molar-refractivity contribution < 1.29 is 0 Å². The maximum absolute atomic E-state index is 5.94. The van der Waals surface area contributed by atoms with Crippen LogP contribution in [0.15, 0.2) is 30.3 Å². The molecule has 4 heteroatoms. The van der Waals surface area contributed by atoms with Gasteiger partial charge in [-0.15, -0.1) is 0 Å². The van der Waals surface area contributed by atoms with Gasteiger partial charge in [-0.25, -0.2) is 4.98 Å². The Hall–Kier alpha value is -1.68. The topological polar surface area (TPSA) is 56.7 Å². The first-order valence-corrected chi connectivity index (χ1v) is 7.46. The van der Waals surface area contributed by atoms with Gasteiger partial charge in [0.15, 0.2) is 5.82 Å². The molecule has 0 bridgehead atoms. The summed E-state index contributed by atoms with van der Waals surface area (Å²) in [5, 5.41) is 4.59. The van der Waals surface area contributed by atoms with Crippen molar-refractivity contribution in [2.75, 3.05) is 6.54 Å². The second-order valence-corrected chi connectivity index (χ2v) is 5.67. The minimum absolute atomic E-state index is 0.462. The summed E-state index contributed by atoms with van der Waals surface area (Å²) in [7, 11) is 2.00. The number of hydrogen-bond donors (Lipinski definition) is 1. The van der Waals surface area contributed by atoms with Crippen molar-refractivity contribution in [3.05, 3.63) is 36.2 Å². The molecule has 1 fully saturated rings. The fraction of sp³-hybridized carbons (Fsp3) is 0.500. The molecule has 106 valence electrons. The quantitative estimate of drug-likeness (QED) is 0.933. The Balaban J connectivity index is 1.92. The van der Waals surface area contributed by atoms with Crippen LogP contribution in [0.1, 0.15) is 37.4 Å². The molecule has 1 aromatic carbocycles. The van der Waals surface area contributed by atoms with Gasteiger partial charge in [0.2, 0.25) is 0 Å². The van der Waals surface area contributed by atoms with Crippen LogP contribution in [0.4, 0.5) is 0 Å². The molecule has 2 aromatic rings. The summed E-state index contributed by atoms with van der Waals surface area (Å²) in [6.45, 7) is 0.748. The summed E-state index contributed by atoms with van der Waals surface area (Å²) >= 11 is 0. The third-order valence-electron chi connectivity index (χ3n) is 4.37. The Morgan fingerprint density at radius 3 is 2.70 bits per heavy atom. The van der Waals surface area contributed by atoms with Crippen LogP contribution in [0.2, 0.25) is 0 Å². The minimum atomic E-state index is 0.462. The van der Waals surface area contributed by atoms with Crippen molar-refractivity contribution in [3.63, 3.8) is 0 Å². The van der Waals surface area contributed by atoms with Gasteiger partial charge in [-0.2, -0.15) is 5.10 Å². The highest BCUT2D eigenvalue weighted by Crippen LogP contribution is 2.36. The zero-order chi connectivity index (χ0) is 13.9. The third-order valence-corrected chi connectivity index (χ3v) is 4.37. The number of hydrogen-bond acceptors (Lipinski definition) is 3. The number of nitrogens with two attached hydrogens (primary N) is 1. The zero-order valence-electron chi connectivity index (χ0n) is 12.0. The normalized spacial score (nSPS) is 22.9. The summed E-state index contributed by atoms with van der Waals surface area (Å²) in [5.74, 6) is 2.93. The molecular weight excluding hydrogens is 248 g/mol. The van der Waals surface area contributed by atoms with Gasteiger partial charge in [0, 0.05) is 18.5 Å². The summed E-state index contributed by atoms with van der Waals surface area (Å²) in [6.07, 6.45) is 4.97. The molecule has 0 saturated heterocycles. The molecule has 0 spiro atoms. The average Bonchev–Trinajstić information content (AvgIpc) is 2.90. The van der Waals surface area contributed by atoms with Crippen molar-refractivity contribution in [2.45, 2.75) is 31.6 Å². The molecule has 4 nitrogen and oxygen atoms in total. The monoisotopic (exact) mass is 270 g/mol. The molecule has 20 heavy (non-hydrogen) atoms. The number of aryl methyl sites for hydroxylation is 1. The summed E-state index contributed by atoms with van der Waals surface area (Å²) < 4.78 is 1.95. The Morgan fingerprint density at radius 1 is 1.20 bits per heavy atom. The van der Waals surface area contributed by atoms with E-state index in [0.717, 1.165) is 23.8 Å². The smallest absolute Gasteiger partial charge is 0.181 e. The van der Waals surface area contributed by atoms with Crippen molar-refractivity contribution >= 4 is 0 Å². The van der Waals surface area contributed by atoms with Gasteiger partial charge in [0.25, 0.3) is 0 Å². The van der Waals surface area contributed by atoms with Gasteiger partial charge in [0.1, 0.15) is 5.82 Å². The number of rotatable bonds is 3. The maximum Gasteiger partial charge on any atom is 0.181 e. The van der Waals surface area contributed by atoms with Gasteiger partial charge in [0.05, 0.1) is 0 Å². The maximum atomic E-state index is 5.94. The Labute approximate surface area is 120 Å². The highest BCUT2D eigenvalue weighted by atomic mass is 15.3. The molecule has 2 N–H and O–H groups in total. The number of benzene rings is 1. The summed E-state index contributed by atoms with van der Waals surface area (Å²) in [5.41, 5.74) is 7.02. The molecule has 0 radical (unpaired) electrons. The molecular formula is C16H22N4. The molecule has 2 unspecified atom stereocenters. The van der Waals surface area contributed by atoms with Crippen LogP contribution >= 0.6 is 0 Å². The molecule has 1 aromatic heterocycles. The minimum Gasteiger partial charge on any atom is -0.330 e. The second kappa shape index (κ2) is 5.75. The first kappa shape index (κ1) is 13.3. The van der Waals surface area contributed by atoms with E-state index >= 15 is 0 Å². The Bertz CT molecular complexity index is 561. The van der Waals surface area contributed by atoms with Gasteiger partial charge in [-0.3, -0.25) is 4.68 Å². The fourth-order valence-corrected chi connectivity index (χ4v) is 3.26. The van der Waals surface area contributed by atoms with Gasteiger partial charge in [-0.05, 0) is 25.3 Å². The molecule has 1 heterocycles. The first-order chi connectivity index (χ1) is 9.79. The van der Waals surface area contributed by atoms with E-state index in [1.54, 1.807) is 0 Å². The number of aromatic nitrogens is 3. The van der Waals surface area contributed by atoms with E-state index in [1.807, 2.05) is 29.9 Å². The largest absolute Gasteiger partial charge is 0.330 e. The van der Waals surface area contributed by atoms with E-state index in [9.17, 15) is 0 Å². The number of nitrogens with zero attached hydrogens (tertiary/aromatic N) is 3. The summed E-state index contributed by atoms with van der Waals surface area (Å²) in [6, 6.07) is 10.2. The highest BCUT2D eigenvalue weighted by Gasteiger charge is 2.29. The lowest BCUT2D eigenvalue weighted by atomic mass is 9.79. The van der Waals surface area contributed by atoms with Crippen molar-refractivity contribution in [2.24, 2.45) is 18.7 Å². The highest BCUT2D eigenvalue weighted by molar-refractivity contribution is 5.54. The molecule has 0 aliphatic heterocycles. The lowest BCUT2D eigenvalue weighted by Crippen LogP contribution is -2.27. The van der Waals surface area contributed by atoms with E-state index < -0.39 is 0 Å². The van der Waals surface area contributed by atoms with E-state index in [2.05, 4.69) is 17.2 Å². The Kier molecular flexibility index (Phi) is 3.83. The zero-order valence-corrected chi connectivity index (χ0v) is 12.0. The standard InChI is InChI=1S/C16H22N4/c1-20-16(14-10-6-5-9-13(14)11-17)18-15(19-20)12-7-3-2-4-8-12/h2-4,7-8,13-14H,5-6,9-11,17H2,1H3. The van der Waals surface area contributed by atoms with E-state index in [4.69, 9.17) is 10.7 Å². The van der Waals surface area contributed by atoms with Crippen LogP contribution in [0.5, 0.6) is 0 Å². The van der Waals surface area contributed by atoms with Crippen LogP contribution in [-0.4, -0.2) is 21.3 Å². The molecule has 3 rings (SSSR count). The summed E-state index contributed by atoms with van der Waals surface area (Å²) in [4.78, 5) is 4.80. The van der Waals surface area contributed by atoms with Crippen LogP contribution < -0.4 is 5.73 Å². The SMILES string of the molecule is Cn1nc(-c2ccccc2)nc1C1CCCCC1CN. The van der Waals surface area contributed by atoms with Crippen molar-refractivity contribution in [1.82, 2.24) is 14.8 Å². The van der Waals surface area contributed by atoms with E-state index in [-0.39, 0.29) is 0 Å². The van der Waals surface area contributed by atoms with Gasteiger partial charge >= 0.3 is 0 Å². The third kappa shape index (κ3) is 2.48. The molecule has 1 saturated carbocycles. The van der Waals surface area contributed by atoms with Crippen LogP contribution in [0, 0.1) is 5.92 Å². The average molecular weight is 270 g/mol. The first-order valence-electron chi connectivity index (χ1n) is 7.46. The van der Waals surface area contributed by atoms with Crippen LogP contribution in [0.3, 0.4) is 0 Å². The van der Waals surface area contributed by atoms with Crippen LogP contribution in [0.25, 0.3) is 11.4 Å². The van der Waals surface area contributed by atoms with Crippen molar-refractivity contribution in [1.29, 1.82) is 0 Å². The van der Waals surface area contributed by atoms with E-state index in [1.165, 1.54) is 25.7 Å². The van der Waals surface area contributed by atoms with Gasteiger partial charge in [-0.1, -0.05) is 43.2 Å². The lowest BCUT2D eigenvalue weighted by Gasteiger charge is -2.29. The lowest BCUT2D eigenvalue weighted by molar-refractivity contribution is 0.298. The second-order valence-electron chi connectivity index (χ2n) is 5.67. The predicted molar refractivity (Wildman–Crippen MR) is 80.2 cm³/mol. The van der Waals surface area contributed by atoms with E-state index in [0.29, 0.717) is 11.8 Å². The molecule has 0 amide bonds. The predicted octanol–water partition coefficient (Wildman–Crippen LogP) is 2.71. The van der Waals surface area contributed by atoms with Gasteiger partial charge < -0.3 is 5.73 Å². The Morgan fingerprint density at radius 2 is 1.95 bits per heavy atom. The fourth-order valence-electron chi connectivity index (χ4n) is 3.26.